The summed E-state index contributed by atoms with van der Waals surface area (Å²) in [6.45, 7) is 10.1. The summed E-state index contributed by atoms with van der Waals surface area (Å²) in [6, 6.07) is 0.296. The first-order valence-corrected chi connectivity index (χ1v) is 12.8. The lowest BCUT2D eigenvalue weighted by molar-refractivity contribution is -0.132. The predicted octanol–water partition coefficient (Wildman–Crippen LogP) is -0.125. The fourth-order valence-corrected chi connectivity index (χ4v) is 4.07. The zero-order valence-corrected chi connectivity index (χ0v) is 22.0. The first kappa shape index (κ1) is 27.9. The molecule has 1 aromatic heterocycles. The van der Waals surface area contributed by atoms with Crippen LogP contribution in [0.5, 0.6) is 0 Å². The molecule has 204 valence electrons. The second-order valence-corrected chi connectivity index (χ2v) is 9.45. The molecule has 0 spiro atoms. The number of ether oxygens (including phenoxy) is 1. The van der Waals surface area contributed by atoms with E-state index in [1.54, 1.807) is 24.8 Å². The van der Waals surface area contributed by atoms with Crippen LogP contribution in [-0.4, -0.2) is 96.6 Å². The number of nitrogens with one attached hydrogen (secondary N) is 4. The first-order chi connectivity index (χ1) is 17.7. The summed E-state index contributed by atoms with van der Waals surface area (Å²) in [5.41, 5.74) is 0.716. The van der Waals surface area contributed by atoms with Crippen molar-refractivity contribution in [3.63, 3.8) is 0 Å². The van der Waals surface area contributed by atoms with Crippen LogP contribution in [-0.2, 0) is 25.5 Å². The van der Waals surface area contributed by atoms with Gasteiger partial charge in [0.25, 0.3) is 0 Å². The molecule has 3 rings (SSSR count). The van der Waals surface area contributed by atoms with Gasteiger partial charge in [0.15, 0.2) is 0 Å². The largest absolute Gasteiger partial charge is 0.450 e. The molecule has 0 unspecified atom stereocenters. The van der Waals surface area contributed by atoms with Crippen molar-refractivity contribution in [2.24, 2.45) is 5.92 Å². The van der Waals surface area contributed by atoms with Crippen molar-refractivity contribution < 1.29 is 23.9 Å². The summed E-state index contributed by atoms with van der Waals surface area (Å²) in [6.07, 6.45) is 0.264. The molecule has 13 nitrogen and oxygen atoms in total. The van der Waals surface area contributed by atoms with Gasteiger partial charge in [0.2, 0.25) is 23.7 Å². The number of hydrogen-bond donors (Lipinski definition) is 4. The number of fused-ring (bicyclic) bond motifs is 2. The number of hydrogen-bond acceptors (Lipinski definition) is 9. The minimum Gasteiger partial charge on any atom is -0.450 e. The molecule has 1 aromatic rings. The molecule has 0 saturated carbocycles. The SMILES string of the molecule is CCOC(=O)N1CCN(c2nc3cc(n2)NCCC(=O)N[C@H](C(C)C)C(=O)N[C@@H](C)C(=O)NCC3)CC1. The Kier molecular flexibility index (Phi) is 9.86. The molecule has 0 aromatic carbocycles. The number of aromatic nitrogens is 2. The molecule has 4 N–H and O–H groups in total. The highest BCUT2D eigenvalue weighted by Gasteiger charge is 2.27. The maximum Gasteiger partial charge on any atom is 0.409 e. The molecule has 0 aliphatic carbocycles. The van der Waals surface area contributed by atoms with Gasteiger partial charge in [-0.25, -0.2) is 9.78 Å². The van der Waals surface area contributed by atoms with Gasteiger partial charge in [0.1, 0.15) is 17.9 Å². The topological polar surface area (TPSA) is 158 Å². The van der Waals surface area contributed by atoms with Crippen molar-refractivity contribution >= 4 is 35.6 Å². The predicted molar refractivity (Wildman–Crippen MR) is 137 cm³/mol. The van der Waals surface area contributed by atoms with Crippen molar-refractivity contribution in [1.82, 2.24) is 30.8 Å². The van der Waals surface area contributed by atoms with Crippen LogP contribution in [0.4, 0.5) is 16.6 Å². The molecular formula is C24H38N8O5. The molecule has 2 bridgehead atoms. The molecule has 0 radical (unpaired) electrons. The lowest BCUT2D eigenvalue weighted by Crippen LogP contribution is -2.54. The minimum absolute atomic E-state index is 0.138. The van der Waals surface area contributed by atoms with Crippen LogP contribution in [0.25, 0.3) is 0 Å². The zero-order chi connectivity index (χ0) is 26.9. The quantitative estimate of drug-likeness (QED) is 0.428. The lowest BCUT2D eigenvalue weighted by atomic mass is 10.0. The smallest absolute Gasteiger partial charge is 0.409 e. The van der Waals surface area contributed by atoms with E-state index < -0.39 is 18.0 Å². The molecule has 2 aliphatic rings. The van der Waals surface area contributed by atoms with Gasteiger partial charge in [-0.2, -0.15) is 4.98 Å². The van der Waals surface area contributed by atoms with E-state index in [-0.39, 0.29) is 30.2 Å². The minimum atomic E-state index is -0.757. The van der Waals surface area contributed by atoms with Gasteiger partial charge in [0, 0.05) is 63.9 Å². The average molecular weight is 519 g/mol. The number of piperazine rings is 1. The molecule has 37 heavy (non-hydrogen) atoms. The molecule has 2 aliphatic heterocycles. The van der Waals surface area contributed by atoms with E-state index >= 15 is 0 Å². The number of amides is 4. The van der Waals surface area contributed by atoms with Crippen molar-refractivity contribution in [2.45, 2.75) is 52.6 Å². The van der Waals surface area contributed by atoms with E-state index in [2.05, 4.69) is 31.2 Å². The Morgan fingerprint density at radius 3 is 2.41 bits per heavy atom. The molecule has 1 saturated heterocycles. The third-order valence-electron chi connectivity index (χ3n) is 6.21. The molecule has 13 heteroatoms. The van der Waals surface area contributed by atoms with Gasteiger partial charge in [0.05, 0.1) is 6.61 Å². The number of carbonyl (C=O) groups is 4. The van der Waals surface area contributed by atoms with Crippen LogP contribution in [0.15, 0.2) is 6.07 Å². The normalized spacial score (nSPS) is 22.0. The zero-order valence-electron chi connectivity index (χ0n) is 22.0. The number of anilines is 2. The molecular weight excluding hydrogens is 480 g/mol. The monoisotopic (exact) mass is 518 g/mol. The standard InChI is InChI=1S/C24H38N8O5/c1-5-37-24(36)32-12-10-31(11-13-32)23-28-17-6-8-26-21(34)16(4)27-22(35)20(15(2)3)30-19(33)7-9-25-18(14-17)29-23/h14-16,20H,5-13H2,1-4H3,(H,26,34)(H,27,35)(H,30,33)(H,25,28,29)/t16-,20+/m0/s1. The Labute approximate surface area is 217 Å². The summed E-state index contributed by atoms with van der Waals surface area (Å²) < 4.78 is 5.09. The van der Waals surface area contributed by atoms with Gasteiger partial charge in [-0.1, -0.05) is 13.8 Å². The fraction of sp³-hybridized carbons (Fsp3) is 0.667. The van der Waals surface area contributed by atoms with Gasteiger partial charge in [-0.3, -0.25) is 14.4 Å². The summed E-state index contributed by atoms with van der Waals surface area (Å²) in [7, 11) is 0. The summed E-state index contributed by atoms with van der Waals surface area (Å²) in [5, 5.41) is 11.5. The van der Waals surface area contributed by atoms with Gasteiger partial charge >= 0.3 is 6.09 Å². The van der Waals surface area contributed by atoms with E-state index in [1.165, 1.54) is 0 Å². The van der Waals surface area contributed by atoms with Crippen molar-refractivity contribution in [3.8, 4) is 0 Å². The first-order valence-electron chi connectivity index (χ1n) is 12.8. The van der Waals surface area contributed by atoms with Crippen molar-refractivity contribution in [3.05, 3.63) is 11.8 Å². The number of rotatable bonds is 3. The third kappa shape index (κ3) is 7.92. The van der Waals surface area contributed by atoms with Crippen LogP contribution in [0.3, 0.4) is 0 Å². The molecule has 2 atom stereocenters. The number of nitrogens with zero attached hydrogens (tertiary/aromatic N) is 4. The van der Waals surface area contributed by atoms with Crippen LogP contribution in [0, 0.1) is 5.92 Å². The molecule has 1 fully saturated rings. The van der Waals surface area contributed by atoms with Crippen molar-refractivity contribution in [2.75, 3.05) is 56.1 Å². The maximum absolute atomic E-state index is 12.7. The Morgan fingerprint density at radius 2 is 1.73 bits per heavy atom. The average Bonchev–Trinajstić information content (AvgIpc) is 2.86. The van der Waals surface area contributed by atoms with E-state index in [1.807, 2.05) is 18.7 Å². The Morgan fingerprint density at radius 1 is 1.03 bits per heavy atom. The second kappa shape index (κ2) is 13.1. The van der Waals surface area contributed by atoms with E-state index in [9.17, 15) is 19.2 Å². The Bertz CT molecular complexity index is 980. The van der Waals surface area contributed by atoms with Crippen LogP contribution in [0.2, 0.25) is 0 Å². The van der Waals surface area contributed by atoms with Gasteiger partial charge < -0.3 is 35.8 Å². The lowest BCUT2D eigenvalue weighted by Gasteiger charge is -2.34. The van der Waals surface area contributed by atoms with Gasteiger partial charge in [-0.05, 0) is 19.8 Å². The van der Waals surface area contributed by atoms with Crippen LogP contribution in [0.1, 0.15) is 39.8 Å². The summed E-state index contributed by atoms with van der Waals surface area (Å²) in [5.74, 6) is -0.0757. The molecule has 4 amide bonds. The Balaban J connectivity index is 1.75. The summed E-state index contributed by atoms with van der Waals surface area (Å²) >= 11 is 0. The second-order valence-electron chi connectivity index (χ2n) is 9.45. The van der Waals surface area contributed by atoms with E-state index in [0.29, 0.717) is 69.8 Å². The third-order valence-corrected chi connectivity index (χ3v) is 6.21. The highest BCUT2D eigenvalue weighted by atomic mass is 16.6. The highest BCUT2D eigenvalue weighted by molar-refractivity contribution is 5.92. The van der Waals surface area contributed by atoms with Gasteiger partial charge in [-0.15, -0.1) is 0 Å². The Hall–Kier alpha value is -3.64. The maximum atomic E-state index is 12.7. The fourth-order valence-electron chi connectivity index (χ4n) is 4.07. The van der Waals surface area contributed by atoms with Crippen molar-refractivity contribution in [1.29, 1.82) is 0 Å². The molecule has 3 heterocycles. The van der Waals surface area contributed by atoms with Crippen LogP contribution < -0.4 is 26.2 Å². The van der Waals surface area contributed by atoms with E-state index in [4.69, 9.17) is 4.74 Å². The highest BCUT2D eigenvalue weighted by Crippen LogP contribution is 2.17. The van der Waals surface area contributed by atoms with Crippen LogP contribution >= 0.6 is 0 Å². The van der Waals surface area contributed by atoms with E-state index in [0.717, 1.165) is 0 Å². The number of carbonyl (C=O) groups excluding carboxylic acids is 4. The summed E-state index contributed by atoms with van der Waals surface area (Å²) in [4.78, 5) is 62.8.